The third-order valence-electron chi connectivity index (χ3n) is 4.78. The van der Waals surface area contributed by atoms with Crippen molar-refractivity contribution in [2.24, 2.45) is 0 Å². The average molecular weight is 432 g/mol. The molecule has 0 fully saturated rings. The normalized spacial score (nSPS) is 15.7. The first-order valence-electron chi connectivity index (χ1n) is 8.77. The number of carbonyl (C=O) groups excluding carboxylic acids is 3. The second-order valence-corrected chi connectivity index (χ2v) is 7.48. The summed E-state index contributed by atoms with van der Waals surface area (Å²) in [6.07, 6.45) is 1.41. The van der Waals surface area contributed by atoms with E-state index in [1.807, 2.05) is 0 Å². The number of hydrogen-bond donors (Lipinski definition) is 3. The van der Waals surface area contributed by atoms with E-state index in [-0.39, 0.29) is 30.7 Å². The molecule has 9 heteroatoms. The molecule has 140 valence electrons. The van der Waals surface area contributed by atoms with Crippen molar-refractivity contribution in [3.05, 3.63) is 45.1 Å². The van der Waals surface area contributed by atoms with Crippen LogP contribution in [0.1, 0.15) is 44.8 Å². The highest BCUT2D eigenvalue weighted by molar-refractivity contribution is 9.10. The molecule has 3 N–H and O–H groups in total. The number of aromatic amines is 1. The average Bonchev–Trinajstić information content (AvgIpc) is 3.16. The van der Waals surface area contributed by atoms with Gasteiger partial charge in [0.15, 0.2) is 5.82 Å². The highest BCUT2D eigenvalue weighted by atomic mass is 79.9. The van der Waals surface area contributed by atoms with Gasteiger partial charge in [0.25, 0.3) is 11.8 Å². The molecule has 2 aliphatic heterocycles. The van der Waals surface area contributed by atoms with Crippen molar-refractivity contribution >= 4 is 39.5 Å². The number of nitrogens with one attached hydrogen (secondary N) is 3. The number of fused-ring (bicyclic) bond motifs is 2. The van der Waals surface area contributed by atoms with Crippen LogP contribution in [0.2, 0.25) is 0 Å². The van der Waals surface area contributed by atoms with Crippen LogP contribution in [0.4, 0.5) is 5.82 Å². The Bertz CT molecular complexity index is 939. The minimum Gasteiger partial charge on any atom is -0.311 e. The lowest BCUT2D eigenvalue weighted by molar-refractivity contribution is -0.116. The van der Waals surface area contributed by atoms with Gasteiger partial charge in [0.2, 0.25) is 5.91 Å². The quantitative estimate of drug-likeness (QED) is 0.625. The summed E-state index contributed by atoms with van der Waals surface area (Å²) in [6, 6.07) is 5.03. The summed E-state index contributed by atoms with van der Waals surface area (Å²) < 4.78 is 0.751. The van der Waals surface area contributed by atoms with Gasteiger partial charge >= 0.3 is 0 Å². The van der Waals surface area contributed by atoms with Gasteiger partial charge in [-0.15, -0.1) is 0 Å². The molecule has 0 saturated carbocycles. The number of carbonyl (C=O) groups is 3. The molecule has 0 radical (unpaired) electrons. The molecule has 2 aromatic rings. The highest BCUT2D eigenvalue weighted by Crippen LogP contribution is 2.26. The maximum absolute atomic E-state index is 12.4. The molecule has 0 saturated heterocycles. The Morgan fingerprint density at radius 3 is 2.93 bits per heavy atom. The molecule has 3 heterocycles. The SMILES string of the molecule is O=C(CCCN1C(=O)c2ccc(Br)cc2C1=O)Nc1n[nH]c2c1CCNC2. The second-order valence-electron chi connectivity index (χ2n) is 6.56. The van der Waals surface area contributed by atoms with E-state index >= 15 is 0 Å². The number of halogens is 1. The smallest absolute Gasteiger partial charge is 0.261 e. The summed E-state index contributed by atoms with van der Waals surface area (Å²) in [7, 11) is 0. The van der Waals surface area contributed by atoms with Gasteiger partial charge in [0.1, 0.15) is 0 Å². The van der Waals surface area contributed by atoms with Gasteiger partial charge < -0.3 is 10.6 Å². The lowest BCUT2D eigenvalue weighted by Crippen LogP contribution is -2.31. The topological polar surface area (TPSA) is 107 Å². The molecule has 0 aliphatic carbocycles. The summed E-state index contributed by atoms with van der Waals surface area (Å²) >= 11 is 3.31. The molecular weight excluding hydrogens is 414 g/mol. The van der Waals surface area contributed by atoms with Crippen LogP contribution in [0.5, 0.6) is 0 Å². The largest absolute Gasteiger partial charge is 0.311 e. The Kier molecular flexibility index (Phi) is 4.79. The molecule has 4 rings (SSSR count). The Morgan fingerprint density at radius 2 is 2.07 bits per heavy atom. The van der Waals surface area contributed by atoms with Crippen molar-refractivity contribution in [3.8, 4) is 0 Å². The number of nitrogens with zero attached hydrogens (tertiary/aromatic N) is 2. The van der Waals surface area contributed by atoms with E-state index in [1.165, 1.54) is 4.90 Å². The van der Waals surface area contributed by atoms with E-state index in [4.69, 9.17) is 0 Å². The van der Waals surface area contributed by atoms with E-state index in [9.17, 15) is 14.4 Å². The van der Waals surface area contributed by atoms with Gasteiger partial charge in [-0.2, -0.15) is 5.10 Å². The van der Waals surface area contributed by atoms with Gasteiger partial charge in [-0.25, -0.2) is 0 Å². The first-order valence-corrected chi connectivity index (χ1v) is 9.56. The van der Waals surface area contributed by atoms with Crippen molar-refractivity contribution in [2.45, 2.75) is 25.8 Å². The fraction of sp³-hybridized carbons (Fsp3) is 0.333. The predicted octanol–water partition coefficient (Wildman–Crippen LogP) is 1.83. The summed E-state index contributed by atoms with van der Waals surface area (Å²) in [4.78, 5) is 38.2. The van der Waals surface area contributed by atoms with Crippen LogP contribution in [0, 0.1) is 0 Å². The second kappa shape index (κ2) is 7.24. The lowest BCUT2D eigenvalue weighted by atomic mass is 10.1. The summed E-state index contributed by atoms with van der Waals surface area (Å²) in [5, 5.41) is 13.1. The molecule has 3 amide bonds. The molecule has 0 spiro atoms. The van der Waals surface area contributed by atoms with Crippen LogP contribution in [-0.2, 0) is 17.8 Å². The van der Waals surface area contributed by atoms with Crippen molar-refractivity contribution in [1.82, 2.24) is 20.4 Å². The maximum atomic E-state index is 12.4. The van der Waals surface area contributed by atoms with E-state index in [0.717, 1.165) is 28.7 Å². The molecular formula is C18H18BrN5O3. The fourth-order valence-corrected chi connectivity index (χ4v) is 3.77. The molecule has 1 aromatic carbocycles. The summed E-state index contributed by atoms with van der Waals surface area (Å²) in [5.41, 5.74) is 2.83. The Labute approximate surface area is 163 Å². The number of rotatable bonds is 5. The molecule has 2 aliphatic rings. The predicted molar refractivity (Wildman–Crippen MR) is 101 cm³/mol. The van der Waals surface area contributed by atoms with Crippen LogP contribution in [0.25, 0.3) is 0 Å². The van der Waals surface area contributed by atoms with Crippen molar-refractivity contribution in [1.29, 1.82) is 0 Å². The standard InChI is InChI=1S/C18H18BrN5O3/c19-10-3-4-11-13(8-10)18(27)24(17(11)26)7-1-2-15(25)21-16-12-5-6-20-9-14(12)22-23-16/h3-4,8,20H,1-2,5-7,9H2,(H2,21,22,23,25). The van der Waals surface area contributed by atoms with Crippen LogP contribution in [0.3, 0.4) is 0 Å². The number of imide groups is 1. The Hall–Kier alpha value is -2.52. The minimum absolute atomic E-state index is 0.179. The summed E-state index contributed by atoms with van der Waals surface area (Å²) in [5.74, 6) is -0.230. The van der Waals surface area contributed by atoms with Gasteiger partial charge in [-0.3, -0.25) is 24.4 Å². The van der Waals surface area contributed by atoms with Crippen LogP contribution in [-0.4, -0.2) is 45.9 Å². The lowest BCUT2D eigenvalue weighted by Gasteiger charge is -2.14. The first-order chi connectivity index (χ1) is 13.0. The minimum atomic E-state index is -0.314. The van der Waals surface area contributed by atoms with Crippen molar-refractivity contribution in [3.63, 3.8) is 0 Å². The van der Waals surface area contributed by atoms with Crippen LogP contribution < -0.4 is 10.6 Å². The number of benzene rings is 1. The Morgan fingerprint density at radius 1 is 1.26 bits per heavy atom. The molecule has 0 atom stereocenters. The molecule has 8 nitrogen and oxygen atoms in total. The molecule has 0 unspecified atom stereocenters. The van der Waals surface area contributed by atoms with Crippen molar-refractivity contribution < 1.29 is 14.4 Å². The van der Waals surface area contributed by atoms with Crippen LogP contribution in [0.15, 0.2) is 22.7 Å². The molecule has 27 heavy (non-hydrogen) atoms. The number of amides is 3. The third kappa shape index (κ3) is 3.40. The van der Waals surface area contributed by atoms with E-state index in [0.29, 0.717) is 29.9 Å². The number of anilines is 1. The van der Waals surface area contributed by atoms with Crippen molar-refractivity contribution in [2.75, 3.05) is 18.4 Å². The monoisotopic (exact) mass is 431 g/mol. The van der Waals surface area contributed by atoms with Gasteiger partial charge in [0, 0.05) is 29.5 Å². The zero-order valence-corrected chi connectivity index (χ0v) is 16.1. The molecule has 1 aromatic heterocycles. The number of hydrogen-bond acceptors (Lipinski definition) is 5. The van der Waals surface area contributed by atoms with Gasteiger partial charge in [-0.05, 0) is 37.6 Å². The zero-order valence-electron chi connectivity index (χ0n) is 14.5. The summed E-state index contributed by atoms with van der Waals surface area (Å²) in [6.45, 7) is 1.78. The fourth-order valence-electron chi connectivity index (χ4n) is 3.41. The van der Waals surface area contributed by atoms with Crippen LogP contribution >= 0.6 is 15.9 Å². The highest BCUT2D eigenvalue weighted by Gasteiger charge is 2.35. The maximum Gasteiger partial charge on any atom is 0.261 e. The first kappa shape index (κ1) is 17.9. The Balaban J connectivity index is 1.32. The van der Waals surface area contributed by atoms with E-state index in [2.05, 4.69) is 36.8 Å². The molecule has 0 bridgehead atoms. The zero-order chi connectivity index (χ0) is 19.0. The van der Waals surface area contributed by atoms with E-state index in [1.54, 1.807) is 18.2 Å². The van der Waals surface area contributed by atoms with Gasteiger partial charge in [0.05, 0.1) is 16.8 Å². The third-order valence-corrected chi connectivity index (χ3v) is 5.28. The van der Waals surface area contributed by atoms with E-state index < -0.39 is 0 Å². The van der Waals surface area contributed by atoms with Gasteiger partial charge in [-0.1, -0.05) is 15.9 Å². The number of H-pyrrole nitrogens is 1. The number of aromatic nitrogens is 2.